The third-order valence-corrected chi connectivity index (χ3v) is 2.83. The molecule has 2 bridgehead atoms. The summed E-state index contributed by atoms with van der Waals surface area (Å²) >= 11 is 0. The van der Waals surface area contributed by atoms with Crippen LogP contribution in [0.4, 0.5) is 0 Å². The highest BCUT2D eigenvalue weighted by atomic mass is 16.5. The molecule has 0 saturated carbocycles. The van der Waals surface area contributed by atoms with Gasteiger partial charge in [-0.25, -0.2) is 0 Å². The molecule has 0 aromatic rings. The Labute approximate surface area is 61.7 Å². The van der Waals surface area contributed by atoms with Crippen molar-refractivity contribution in [2.24, 2.45) is 11.7 Å². The fraction of sp³-hybridized carbons (Fsp3) is 1.00. The van der Waals surface area contributed by atoms with Crippen molar-refractivity contribution >= 4 is 0 Å². The van der Waals surface area contributed by atoms with Crippen LogP contribution >= 0.6 is 0 Å². The Balaban J connectivity index is 2.00. The normalized spacial score (nSPS) is 45.9. The van der Waals surface area contributed by atoms with Crippen LogP contribution < -0.4 is 5.73 Å². The molecule has 2 aliphatic rings. The SMILES string of the molecule is NCC1CCC2CCC1O2. The summed E-state index contributed by atoms with van der Waals surface area (Å²) in [5.74, 6) is 0.666. The fourth-order valence-corrected chi connectivity index (χ4v) is 2.15. The lowest BCUT2D eigenvalue weighted by Gasteiger charge is -2.27. The first-order chi connectivity index (χ1) is 4.90. The van der Waals surface area contributed by atoms with Crippen molar-refractivity contribution in [2.75, 3.05) is 6.54 Å². The molecule has 2 nitrogen and oxygen atoms in total. The topological polar surface area (TPSA) is 35.2 Å². The minimum absolute atomic E-state index is 0.517. The maximum Gasteiger partial charge on any atom is 0.0620 e. The maximum atomic E-state index is 5.72. The molecule has 2 heterocycles. The third-order valence-electron chi connectivity index (χ3n) is 2.83. The van der Waals surface area contributed by atoms with Crippen LogP contribution in [0.15, 0.2) is 0 Å². The Morgan fingerprint density at radius 2 is 2.00 bits per heavy atom. The maximum absolute atomic E-state index is 5.72. The highest BCUT2D eigenvalue weighted by molar-refractivity contribution is 4.85. The van der Waals surface area contributed by atoms with E-state index in [9.17, 15) is 0 Å². The first-order valence-electron chi connectivity index (χ1n) is 4.25. The van der Waals surface area contributed by atoms with E-state index in [-0.39, 0.29) is 0 Å². The highest BCUT2D eigenvalue weighted by Crippen LogP contribution is 2.35. The van der Waals surface area contributed by atoms with Crippen LogP contribution in [0.2, 0.25) is 0 Å². The van der Waals surface area contributed by atoms with Crippen LogP contribution in [0.5, 0.6) is 0 Å². The summed E-state index contributed by atoms with van der Waals surface area (Å²) in [6, 6.07) is 0. The van der Waals surface area contributed by atoms with E-state index in [0.29, 0.717) is 18.1 Å². The van der Waals surface area contributed by atoms with E-state index in [1.807, 2.05) is 0 Å². The summed E-state index contributed by atoms with van der Waals surface area (Å²) in [6.45, 7) is 0.817. The van der Waals surface area contributed by atoms with Crippen LogP contribution in [-0.2, 0) is 4.74 Å². The summed E-state index contributed by atoms with van der Waals surface area (Å²) in [5.41, 5.74) is 5.61. The Bertz CT molecular complexity index is 126. The van der Waals surface area contributed by atoms with E-state index < -0.39 is 0 Å². The van der Waals surface area contributed by atoms with Gasteiger partial charge in [0.2, 0.25) is 0 Å². The number of hydrogen-bond donors (Lipinski definition) is 1. The molecule has 58 valence electrons. The standard InChI is InChI=1S/C8H15NO/c9-5-6-1-2-7-3-4-8(6)10-7/h6-8H,1-5,9H2. The van der Waals surface area contributed by atoms with Crippen molar-refractivity contribution in [3.8, 4) is 0 Å². The zero-order valence-electron chi connectivity index (χ0n) is 6.25. The zero-order valence-corrected chi connectivity index (χ0v) is 6.25. The molecule has 3 atom stereocenters. The summed E-state index contributed by atoms with van der Waals surface area (Å²) in [7, 11) is 0. The lowest BCUT2D eigenvalue weighted by molar-refractivity contribution is -0.0289. The molecule has 0 aromatic heterocycles. The predicted molar refractivity (Wildman–Crippen MR) is 39.7 cm³/mol. The molecule has 2 heteroatoms. The molecule has 2 fully saturated rings. The van der Waals surface area contributed by atoms with Gasteiger partial charge in [-0.3, -0.25) is 0 Å². The Morgan fingerprint density at radius 1 is 1.20 bits per heavy atom. The van der Waals surface area contributed by atoms with Crippen LogP contribution in [0.25, 0.3) is 0 Å². The molecule has 0 radical (unpaired) electrons. The van der Waals surface area contributed by atoms with Crippen LogP contribution in [0, 0.1) is 5.92 Å². The monoisotopic (exact) mass is 141 g/mol. The summed E-state index contributed by atoms with van der Waals surface area (Å²) < 4.78 is 5.72. The molecule has 2 saturated heterocycles. The zero-order chi connectivity index (χ0) is 6.97. The van der Waals surface area contributed by atoms with Crippen molar-refractivity contribution in [2.45, 2.75) is 37.9 Å². The van der Waals surface area contributed by atoms with Crippen LogP contribution in [-0.4, -0.2) is 18.8 Å². The Hall–Kier alpha value is -0.0800. The van der Waals surface area contributed by atoms with Gasteiger partial charge in [0.15, 0.2) is 0 Å². The second kappa shape index (κ2) is 2.51. The van der Waals surface area contributed by atoms with Crippen molar-refractivity contribution in [1.82, 2.24) is 0 Å². The second-order valence-electron chi connectivity index (χ2n) is 3.45. The lowest BCUT2D eigenvalue weighted by Crippen LogP contribution is -2.32. The molecule has 2 N–H and O–H groups in total. The Kier molecular flexibility index (Phi) is 1.66. The molecule has 3 unspecified atom stereocenters. The number of rotatable bonds is 1. The molecular formula is C8H15NO. The second-order valence-corrected chi connectivity index (χ2v) is 3.45. The summed E-state index contributed by atoms with van der Waals surface area (Å²) in [5, 5.41) is 0. The quantitative estimate of drug-likeness (QED) is 0.589. The van der Waals surface area contributed by atoms with Gasteiger partial charge in [0, 0.05) is 0 Å². The van der Waals surface area contributed by atoms with E-state index in [2.05, 4.69) is 0 Å². The molecule has 0 spiro atoms. The van der Waals surface area contributed by atoms with Gasteiger partial charge in [-0.05, 0) is 38.1 Å². The fourth-order valence-electron chi connectivity index (χ4n) is 2.15. The molecular weight excluding hydrogens is 126 g/mol. The van der Waals surface area contributed by atoms with E-state index in [1.165, 1.54) is 25.7 Å². The molecule has 0 aliphatic carbocycles. The van der Waals surface area contributed by atoms with Crippen molar-refractivity contribution in [3.63, 3.8) is 0 Å². The van der Waals surface area contributed by atoms with Crippen molar-refractivity contribution < 1.29 is 4.74 Å². The average molecular weight is 141 g/mol. The first-order valence-corrected chi connectivity index (χ1v) is 4.25. The Morgan fingerprint density at radius 3 is 2.80 bits per heavy atom. The van der Waals surface area contributed by atoms with E-state index in [1.54, 1.807) is 0 Å². The van der Waals surface area contributed by atoms with Gasteiger partial charge in [-0.1, -0.05) is 0 Å². The van der Waals surface area contributed by atoms with Crippen LogP contribution in [0.1, 0.15) is 25.7 Å². The number of ether oxygens (including phenoxy) is 1. The molecule has 2 aliphatic heterocycles. The van der Waals surface area contributed by atoms with Crippen molar-refractivity contribution in [3.05, 3.63) is 0 Å². The van der Waals surface area contributed by atoms with Gasteiger partial charge in [0.25, 0.3) is 0 Å². The van der Waals surface area contributed by atoms with Gasteiger partial charge in [-0.2, -0.15) is 0 Å². The molecule has 2 rings (SSSR count). The van der Waals surface area contributed by atoms with E-state index in [4.69, 9.17) is 10.5 Å². The highest BCUT2D eigenvalue weighted by Gasteiger charge is 2.35. The van der Waals surface area contributed by atoms with Gasteiger partial charge in [0.1, 0.15) is 0 Å². The van der Waals surface area contributed by atoms with Gasteiger partial charge < -0.3 is 10.5 Å². The lowest BCUT2D eigenvalue weighted by atomic mass is 9.96. The van der Waals surface area contributed by atoms with Gasteiger partial charge in [0.05, 0.1) is 12.2 Å². The van der Waals surface area contributed by atoms with E-state index >= 15 is 0 Å². The minimum Gasteiger partial charge on any atom is -0.375 e. The van der Waals surface area contributed by atoms with Gasteiger partial charge >= 0.3 is 0 Å². The van der Waals surface area contributed by atoms with Crippen LogP contribution in [0.3, 0.4) is 0 Å². The third kappa shape index (κ3) is 0.956. The average Bonchev–Trinajstić information content (AvgIpc) is 2.34. The summed E-state index contributed by atoms with van der Waals surface area (Å²) in [4.78, 5) is 0. The summed E-state index contributed by atoms with van der Waals surface area (Å²) in [6.07, 6.45) is 6.19. The molecule has 10 heavy (non-hydrogen) atoms. The van der Waals surface area contributed by atoms with Gasteiger partial charge in [-0.15, -0.1) is 0 Å². The largest absolute Gasteiger partial charge is 0.375 e. The molecule has 0 aromatic carbocycles. The minimum atomic E-state index is 0.517. The number of hydrogen-bond acceptors (Lipinski definition) is 2. The van der Waals surface area contributed by atoms with E-state index in [0.717, 1.165) is 6.54 Å². The number of fused-ring (bicyclic) bond motifs is 2. The van der Waals surface area contributed by atoms with Crippen molar-refractivity contribution in [1.29, 1.82) is 0 Å². The smallest absolute Gasteiger partial charge is 0.0620 e. The number of nitrogens with two attached hydrogens (primary N) is 1. The first kappa shape index (κ1) is 6.62. The molecule has 0 amide bonds. The predicted octanol–water partition coefficient (Wildman–Crippen LogP) is 0.903.